The van der Waals surface area contributed by atoms with Gasteiger partial charge in [-0.15, -0.1) is 11.3 Å². The van der Waals surface area contributed by atoms with Crippen LogP contribution in [0.15, 0.2) is 96.6 Å². The molecular formula is C34H29ClN8O2S. The molecule has 0 aliphatic carbocycles. The third-order valence-electron chi connectivity index (χ3n) is 7.87. The zero-order valence-electron chi connectivity index (χ0n) is 24.9. The van der Waals surface area contributed by atoms with Gasteiger partial charge in [0.1, 0.15) is 5.69 Å². The van der Waals surface area contributed by atoms with Crippen molar-refractivity contribution in [2.45, 2.75) is 6.92 Å². The molecule has 3 aromatic carbocycles. The normalized spacial score (nSPS) is 13.2. The summed E-state index contributed by atoms with van der Waals surface area (Å²) in [5.41, 5.74) is 6.03. The molecule has 4 heterocycles. The standard InChI is InChI=1S/C34H29ClN8O2S/c1-22(44)41-14-16-42(17-15-41)26-9-5-8-25(21-26)38-33-36-13-12-29(39-33)31-30(40-34-43(31)18-19-46-34)23-6-4-7-24(20-23)37-32(45)27-10-2-3-11-28(27)35/h2-13,18-21H,14-17H2,1H3,(H,37,45)(H,36,38,39). The van der Waals surface area contributed by atoms with Crippen LogP contribution in [-0.2, 0) is 4.79 Å². The summed E-state index contributed by atoms with van der Waals surface area (Å²) in [5, 5.41) is 8.69. The number of hydrogen-bond acceptors (Lipinski definition) is 8. The van der Waals surface area contributed by atoms with Crippen LogP contribution in [-0.4, -0.2) is 62.2 Å². The van der Waals surface area contributed by atoms with E-state index >= 15 is 0 Å². The Morgan fingerprint density at radius 3 is 2.52 bits per heavy atom. The molecule has 7 rings (SSSR count). The number of piperazine rings is 1. The van der Waals surface area contributed by atoms with Gasteiger partial charge in [-0.2, -0.15) is 0 Å². The zero-order valence-corrected chi connectivity index (χ0v) is 26.4. The number of nitrogens with one attached hydrogen (secondary N) is 2. The molecule has 2 amide bonds. The van der Waals surface area contributed by atoms with E-state index in [1.807, 2.05) is 63.3 Å². The first-order valence-electron chi connectivity index (χ1n) is 14.8. The van der Waals surface area contributed by atoms with Crippen molar-refractivity contribution < 1.29 is 9.59 Å². The van der Waals surface area contributed by atoms with Crippen molar-refractivity contribution in [3.05, 3.63) is 107 Å². The van der Waals surface area contributed by atoms with Gasteiger partial charge in [-0.05, 0) is 48.5 Å². The first kappa shape index (κ1) is 29.5. The second-order valence-corrected chi connectivity index (χ2v) is 12.1. The molecule has 0 spiro atoms. The van der Waals surface area contributed by atoms with E-state index in [1.54, 1.807) is 37.4 Å². The third kappa shape index (κ3) is 6.02. The highest BCUT2D eigenvalue weighted by atomic mass is 35.5. The van der Waals surface area contributed by atoms with E-state index in [2.05, 4.69) is 32.7 Å². The largest absolute Gasteiger partial charge is 0.368 e. The van der Waals surface area contributed by atoms with Crippen LogP contribution in [0.3, 0.4) is 0 Å². The fraction of sp³-hybridized carbons (Fsp3) is 0.147. The fourth-order valence-electron chi connectivity index (χ4n) is 5.56. The molecule has 1 aliphatic heterocycles. The van der Waals surface area contributed by atoms with E-state index in [9.17, 15) is 9.59 Å². The second kappa shape index (κ2) is 12.6. The summed E-state index contributed by atoms with van der Waals surface area (Å²) < 4.78 is 2.02. The van der Waals surface area contributed by atoms with Crippen molar-refractivity contribution in [1.29, 1.82) is 0 Å². The molecule has 1 aliphatic rings. The van der Waals surface area contributed by atoms with Gasteiger partial charge in [0.25, 0.3) is 5.91 Å². The number of benzene rings is 3. The predicted octanol–water partition coefficient (Wildman–Crippen LogP) is 6.84. The molecule has 1 fully saturated rings. The number of aromatic nitrogens is 4. The van der Waals surface area contributed by atoms with Gasteiger partial charge < -0.3 is 20.4 Å². The van der Waals surface area contributed by atoms with E-state index in [0.717, 1.165) is 46.4 Å². The first-order valence-corrected chi connectivity index (χ1v) is 16.0. The minimum absolute atomic E-state index is 0.112. The van der Waals surface area contributed by atoms with E-state index in [-0.39, 0.29) is 11.8 Å². The van der Waals surface area contributed by atoms with Gasteiger partial charge in [-0.25, -0.2) is 15.0 Å². The third-order valence-corrected chi connectivity index (χ3v) is 8.95. The van der Waals surface area contributed by atoms with Crippen molar-refractivity contribution in [3.63, 3.8) is 0 Å². The van der Waals surface area contributed by atoms with Crippen LogP contribution in [0.1, 0.15) is 17.3 Å². The molecule has 230 valence electrons. The molecule has 12 heteroatoms. The summed E-state index contributed by atoms with van der Waals surface area (Å²) in [6.45, 7) is 4.59. The van der Waals surface area contributed by atoms with Gasteiger partial charge in [-0.3, -0.25) is 14.0 Å². The van der Waals surface area contributed by atoms with Gasteiger partial charge in [0.05, 0.1) is 22.0 Å². The SMILES string of the molecule is CC(=O)N1CCN(c2cccc(Nc3nccc(-c4c(-c5cccc(NC(=O)c6ccccc6Cl)c5)nc5sccn45)n3)c2)CC1. The van der Waals surface area contributed by atoms with Gasteiger partial charge in [0, 0.05) is 73.5 Å². The zero-order chi connectivity index (χ0) is 31.6. The van der Waals surface area contributed by atoms with Crippen LogP contribution in [0, 0.1) is 0 Å². The van der Waals surface area contributed by atoms with Crippen molar-refractivity contribution in [2.24, 2.45) is 0 Å². The molecular weight excluding hydrogens is 620 g/mol. The van der Waals surface area contributed by atoms with Crippen LogP contribution in [0.5, 0.6) is 0 Å². The van der Waals surface area contributed by atoms with Crippen LogP contribution in [0.25, 0.3) is 27.6 Å². The number of hydrogen-bond donors (Lipinski definition) is 2. The number of rotatable bonds is 7. The Hall–Kier alpha value is -5.26. The fourth-order valence-corrected chi connectivity index (χ4v) is 6.50. The van der Waals surface area contributed by atoms with E-state index in [4.69, 9.17) is 21.6 Å². The summed E-state index contributed by atoms with van der Waals surface area (Å²) in [5.74, 6) is 0.275. The molecule has 0 atom stereocenters. The van der Waals surface area contributed by atoms with Gasteiger partial charge >= 0.3 is 0 Å². The Kier molecular flexibility index (Phi) is 8.08. The van der Waals surface area contributed by atoms with E-state index < -0.39 is 0 Å². The summed E-state index contributed by atoms with van der Waals surface area (Å²) in [7, 11) is 0. The molecule has 0 bridgehead atoms. The average Bonchev–Trinajstić information content (AvgIpc) is 3.67. The number of carbonyl (C=O) groups excluding carboxylic acids is 2. The molecule has 1 saturated heterocycles. The highest BCUT2D eigenvalue weighted by Crippen LogP contribution is 2.35. The molecule has 10 nitrogen and oxygen atoms in total. The number of amides is 2. The number of nitrogens with zero attached hydrogens (tertiary/aromatic N) is 6. The number of imidazole rings is 1. The summed E-state index contributed by atoms with van der Waals surface area (Å²) in [4.78, 5) is 44.0. The van der Waals surface area contributed by atoms with Crippen LogP contribution in [0.2, 0.25) is 5.02 Å². The lowest BCUT2D eigenvalue weighted by molar-refractivity contribution is -0.129. The Morgan fingerprint density at radius 2 is 1.70 bits per heavy atom. The number of fused-ring (bicyclic) bond motifs is 1. The highest BCUT2D eigenvalue weighted by molar-refractivity contribution is 7.15. The number of anilines is 4. The quantitative estimate of drug-likeness (QED) is 0.195. The first-order chi connectivity index (χ1) is 22.4. The summed E-state index contributed by atoms with van der Waals surface area (Å²) >= 11 is 7.78. The molecule has 3 aromatic heterocycles. The highest BCUT2D eigenvalue weighted by Gasteiger charge is 2.21. The lowest BCUT2D eigenvalue weighted by atomic mass is 10.1. The van der Waals surface area contributed by atoms with Crippen molar-refractivity contribution in [2.75, 3.05) is 41.7 Å². The lowest BCUT2D eigenvalue weighted by Crippen LogP contribution is -2.48. The van der Waals surface area contributed by atoms with Gasteiger partial charge in [0.2, 0.25) is 11.9 Å². The maximum absolute atomic E-state index is 13.0. The van der Waals surface area contributed by atoms with Crippen LogP contribution >= 0.6 is 22.9 Å². The summed E-state index contributed by atoms with van der Waals surface area (Å²) in [6, 6.07) is 24.5. The maximum atomic E-state index is 13.0. The number of halogens is 1. The van der Waals surface area contributed by atoms with E-state index in [1.165, 1.54) is 11.3 Å². The lowest BCUT2D eigenvalue weighted by Gasteiger charge is -2.35. The molecule has 2 N–H and O–H groups in total. The maximum Gasteiger partial charge on any atom is 0.257 e. The topological polar surface area (TPSA) is 108 Å². The van der Waals surface area contributed by atoms with Gasteiger partial charge in [-0.1, -0.05) is 41.9 Å². The Balaban J connectivity index is 1.16. The van der Waals surface area contributed by atoms with Crippen LogP contribution in [0.4, 0.5) is 23.0 Å². The molecule has 0 saturated carbocycles. The average molecular weight is 649 g/mol. The molecule has 0 unspecified atom stereocenters. The molecule has 0 radical (unpaired) electrons. The molecule has 46 heavy (non-hydrogen) atoms. The van der Waals surface area contributed by atoms with Crippen LogP contribution < -0.4 is 15.5 Å². The van der Waals surface area contributed by atoms with Crippen molar-refractivity contribution in [3.8, 4) is 22.6 Å². The van der Waals surface area contributed by atoms with Gasteiger partial charge in [0.15, 0.2) is 4.96 Å². The number of thiazole rings is 1. The predicted molar refractivity (Wildman–Crippen MR) is 183 cm³/mol. The minimum Gasteiger partial charge on any atom is -0.368 e. The van der Waals surface area contributed by atoms with Crippen molar-refractivity contribution in [1.82, 2.24) is 24.3 Å². The second-order valence-electron chi connectivity index (χ2n) is 10.8. The van der Waals surface area contributed by atoms with Crippen molar-refractivity contribution >= 4 is 62.7 Å². The smallest absolute Gasteiger partial charge is 0.257 e. The molecule has 6 aromatic rings. The summed E-state index contributed by atoms with van der Waals surface area (Å²) in [6.07, 6.45) is 3.70. The Morgan fingerprint density at radius 1 is 0.891 bits per heavy atom. The Bertz CT molecular complexity index is 2070. The monoisotopic (exact) mass is 648 g/mol. The number of carbonyl (C=O) groups is 2. The minimum atomic E-state index is -0.289. The Labute approximate surface area is 274 Å². The van der Waals surface area contributed by atoms with E-state index in [0.29, 0.717) is 41.0 Å².